The molecule has 0 aliphatic rings. The molecule has 0 saturated carbocycles. The number of nitrogens with two attached hydrogens (primary N) is 1. The van der Waals surface area contributed by atoms with Gasteiger partial charge in [0.1, 0.15) is 11.8 Å². The number of hydrogen-bond donors (Lipinski definition) is 3. The van der Waals surface area contributed by atoms with Crippen LogP contribution in [0.25, 0.3) is 0 Å². The summed E-state index contributed by atoms with van der Waals surface area (Å²) < 4.78 is 5.10. The Bertz CT molecular complexity index is 330. The first-order valence-electron chi connectivity index (χ1n) is 5.63. The molecule has 0 aromatic heterocycles. The van der Waals surface area contributed by atoms with E-state index in [4.69, 9.17) is 15.7 Å². The minimum atomic E-state index is -0.617. The van der Waals surface area contributed by atoms with Gasteiger partial charge in [-0.15, -0.1) is 0 Å². The standard InChI is InChI=1S/C12H18N2O3/c13-11(8-4-5-9-14-16)12(15)17-10-6-2-1-3-7-10/h1-3,6-7,11,14,16H,4-5,8-9,13H2. The highest BCUT2D eigenvalue weighted by Gasteiger charge is 2.15. The number of unbranched alkanes of at least 4 members (excludes halogenated alkanes) is 1. The molecule has 0 aliphatic heterocycles. The summed E-state index contributed by atoms with van der Waals surface area (Å²) in [5.74, 6) is 0.0816. The molecule has 5 nitrogen and oxygen atoms in total. The van der Waals surface area contributed by atoms with Crippen LogP contribution in [0.4, 0.5) is 0 Å². The quantitative estimate of drug-likeness (QED) is 0.286. The van der Waals surface area contributed by atoms with Crippen LogP contribution >= 0.6 is 0 Å². The maximum Gasteiger partial charge on any atom is 0.328 e. The Morgan fingerprint density at radius 2 is 2.06 bits per heavy atom. The highest BCUT2D eigenvalue weighted by Crippen LogP contribution is 2.10. The topological polar surface area (TPSA) is 84.6 Å². The Balaban J connectivity index is 2.27. The van der Waals surface area contributed by atoms with Crippen LogP contribution in [0.2, 0.25) is 0 Å². The van der Waals surface area contributed by atoms with E-state index in [0.29, 0.717) is 18.7 Å². The molecule has 0 saturated heterocycles. The van der Waals surface area contributed by atoms with E-state index in [9.17, 15) is 4.79 Å². The maximum absolute atomic E-state index is 11.6. The number of hydroxylamine groups is 1. The van der Waals surface area contributed by atoms with Crippen LogP contribution in [-0.4, -0.2) is 23.8 Å². The predicted molar refractivity (Wildman–Crippen MR) is 63.7 cm³/mol. The fourth-order valence-electron chi connectivity index (χ4n) is 1.37. The van der Waals surface area contributed by atoms with E-state index in [1.165, 1.54) is 0 Å². The molecule has 1 unspecified atom stereocenters. The van der Waals surface area contributed by atoms with Crippen molar-refractivity contribution >= 4 is 5.97 Å². The van der Waals surface area contributed by atoms with Gasteiger partial charge in [-0.1, -0.05) is 18.2 Å². The second kappa shape index (κ2) is 7.78. The van der Waals surface area contributed by atoms with Crippen molar-refractivity contribution < 1.29 is 14.7 Å². The van der Waals surface area contributed by atoms with E-state index in [1.54, 1.807) is 24.3 Å². The molecule has 0 fully saturated rings. The fourth-order valence-corrected chi connectivity index (χ4v) is 1.37. The molecule has 1 aromatic carbocycles. The Labute approximate surface area is 101 Å². The van der Waals surface area contributed by atoms with Gasteiger partial charge in [0.15, 0.2) is 0 Å². The number of carbonyl (C=O) groups excluding carboxylic acids is 1. The largest absolute Gasteiger partial charge is 0.425 e. The molecule has 5 heteroatoms. The number of para-hydroxylation sites is 1. The van der Waals surface area contributed by atoms with Crippen molar-refractivity contribution in [3.8, 4) is 5.75 Å². The average Bonchev–Trinajstić information content (AvgIpc) is 2.35. The van der Waals surface area contributed by atoms with Crippen LogP contribution in [0.5, 0.6) is 5.75 Å². The molecule has 0 radical (unpaired) electrons. The zero-order chi connectivity index (χ0) is 12.5. The van der Waals surface area contributed by atoms with Gasteiger partial charge in [-0.3, -0.25) is 0 Å². The molecule has 17 heavy (non-hydrogen) atoms. The minimum absolute atomic E-state index is 0.423. The molecular formula is C12H18N2O3. The van der Waals surface area contributed by atoms with Crippen molar-refractivity contribution in [2.45, 2.75) is 25.3 Å². The first-order chi connectivity index (χ1) is 8.24. The fraction of sp³-hybridized carbons (Fsp3) is 0.417. The summed E-state index contributed by atoms with van der Waals surface area (Å²) in [6, 6.07) is 8.23. The summed E-state index contributed by atoms with van der Waals surface area (Å²) in [5.41, 5.74) is 7.74. The van der Waals surface area contributed by atoms with Crippen LogP contribution in [0, 0.1) is 0 Å². The van der Waals surface area contributed by atoms with Crippen LogP contribution in [0.15, 0.2) is 30.3 Å². The molecule has 1 aromatic rings. The van der Waals surface area contributed by atoms with Gasteiger partial charge in [0.25, 0.3) is 0 Å². The van der Waals surface area contributed by atoms with Gasteiger partial charge >= 0.3 is 5.97 Å². The Hall–Kier alpha value is -1.43. The lowest BCUT2D eigenvalue weighted by Gasteiger charge is -2.10. The van der Waals surface area contributed by atoms with E-state index >= 15 is 0 Å². The van der Waals surface area contributed by atoms with Gasteiger partial charge in [0.2, 0.25) is 0 Å². The molecule has 0 heterocycles. The number of hydrogen-bond acceptors (Lipinski definition) is 5. The number of nitrogens with one attached hydrogen (secondary N) is 1. The van der Waals surface area contributed by atoms with Gasteiger partial charge in [0, 0.05) is 6.54 Å². The summed E-state index contributed by atoms with van der Waals surface area (Å²) in [7, 11) is 0. The summed E-state index contributed by atoms with van der Waals surface area (Å²) in [5, 5.41) is 8.36. The first-order valence-corrected chi connectivity index (χ1v) is 5.63. The summed E-state index contributed by atoms with van der Waals surface area (Å²) in [6.45, 7) is 0.500. The minimum Gasteiger partial charge on any atom is -0.425 e. The highest BCUT2D eigenvalue weighted by atomic mass is 16.5. The van der Waals surface area contributed by atoms with E-state index < -0.39 is 12.0 Å². The zero-order valence-electron chi connectivity index (χ0n) is 9.63. The smallest absolute Gasteiger partial charge is 0.328 e. The van der Waals surface area contributed by atoms with Crippen molar-refractivity contribution in [1.29, 1.82) is 0 Å². The first kappa shape index (κ1) is 13.6. The van der Waals surface area contributed by atoms with Gasteiger partial charge in [0.05, 0.1) is 0 Å². The average molecular weight is 238 g/mol. The highest BCUT2D eigenvalue weighted by molar-refractivity contribution is 5.77. The molecule has 94 valence electrons. The van der Waals surface area contributed by atoms with Crippen LogP contribution in [-0.2, 0) is 4.79 Å². The summed E-state index contributed by atoms with van der Waals surface area (Å²) in [4.78, 5) is 11.6. The van der Waals surface area contributed by atoms with Crippen molar-refractivity contribution in [3.05, 3.63) is 30.3 Å². The van der Waals surface area contributed by atoms with Crippen molar-refractivity contribution in [3.63, 3.8) is 0 Å². The van der Waals surface area contributed by atoms with Crippen LogP contribution < -0.4 is 16.0 Å². The van der Waals surface area contributed by atoms with Crippen LogP contribution in [0.1, 0.15) is 19.3 Å². The molecular weight excluding hydrogens is 220 g/mol. The molecule has 0 spiro atoms. The third kappa shape index (κ3) is 5.44. The molecule has 0 bridgehead atoms. The third-order valence-corrected chi connectivity index (χ3v) is 2.32. The van der Waals surface area contributed by atoms with Gasteiger partial charge in [-0.2, -0.15) is 0 Å². The Morgan fingerprint density at radius 3 is 2.71 bits per heavy atom. The van der Waals surface area contributed by atoms with Gasteiger partial charge in [-0.25, -0.2) is 10.3 Å². The van der Waals surface area contributed by atoms with E-state index in [-0.39, 0.29) is 0 Å². The maximum atomic E-state index is 11.6. The predicted octanol–water partition coefficient (Wildman–Crippen LogP) is 1.07. The Morgan fingerprint density at radius 1 is 1.35 bits per heavy atom. The molecule has 0 aliphatic carbocycles. The third-order valence-electron chi connectivity index (χ3n) is 2.32. The molecule has 1 rings (SSSR count). The van der Waals surface area contributed by atoms with Gasteiger partial charge in [-0.05, 0) is 31.4 Å². The van der Waals surface area contributed by atoms with Crippen molar-refractivity contribution in [1.82, 2.24) is 5.48 Å². The summed E-state index contributed by atoms with van der Waals surface area (Å²) in [6.07, 6.45) is 2.08. The lowest BCUT2D eigenvalue weighted by atomic mass is 10.1. The van der Waals surface area contributed by atoms with Crippen molar-refractivity contribution in [2.75, 3.05) is 6.54 Å². The number of rotatable bonds is 7. The number of ether oxygens (including phenoxy) is 1. The Kier molecular flexibility index (Phi) is 6.24. The lowest BCUT2D eigenvalue weighted by molar-refractivity contribution is -0.136. The van der Waals surface area contributed by atoms with E-state index in [1.807, 2.05) is 6.07 Å². The monoisotopic (exact) mass is 238 g/mol. The zero-order valence-corrected chi connectivity index (χ0v) is 9.63. The normalized spacial score (nSPS) is 12.1. The van der Waals surface area contributed by atoms with Crippen LogP contribution in [0.3, 0.4) is 0 Å². The van der Waals surface area contributed by atoms with E-state index in [0.717, 1.165) is 12.8 Å². The second-order valence-corrected chi connectivity index (χ2v) is 3.74. The molecule has 1 atom stereocenters. The number of esters is 1. The van der Waals surface area contributed by atoms with E-state index in [2.05, 4.69) is 5.48 Å². The molecule has 4 N–H and O–H groups in total. The SMILES string of the molecule is NC(CCCCNO)C(=O)Oc1ccccc1. The number of carbonyl (C=O) groups is 1. The molecule has 0 amide bonds. The van der Waals surface area contributed by atoms with Gasteiger partial charge < -0.3 is 15.7 Å². The second-order valence-electron chi connectivity index (χ2n) is 3.74. The van der Waals surface area contributed by atoms with Crippen molar-refractivity contribution in [2.24, 2.45) is 5.73 Å². The number of benzene rings is 1. The summed E-state index contributed by atoms with van der Waals surface area (Å²) >= 11 is 0. The lowest BCUT2D eigenvalue weighted by Crippen LogP contribution is -2.34.